The predicted molar refractivity (Wildman–Crippen MR) is 58.3 cm³/mol. The molecular weight excluding hydrogens is 376 g/mol. The fourth-order valence-corrected chi connectivity index (χ4v) is 1.83. The van der Waals surface area contributed by atoms with Gasteiger partial charge in [-0.05, 0) is 28.7 Å². The Labute approximate surface area is 111 Å². The zero-order valence-electron chi connectivity index (χ0n) is 8.69. The van der Waals surface area contributed by atoms with Crippen LogP contribution in [-0.2, 0) is 10.9 Å². The van der Waals surface area contributed by atoms with E-state index in [1.165, 1.54) is 22.6 Å². The van der Waals surface area contributed by atoms with E-state index in [1.807, 2.05) is 0 Å². The molecule has 0 aliphatic carbocycles. The Bertz CT molecular complexity index is 475. The van der Waals surface area contributed by atoms with Crippen LogP contribution in [0, 0.1) is 3.70 Å². The van der Waals surface area contributed by atoms with Crippen molar-refractivity contribution in [2.24, 2.45) is 0 Å². The number of methoxy groups -OCH3 is 1. The first kappa shape index (κ1) is 15.1. The Balaban J connectivity index is 3.64. The van der Waals surface area contributed by atoms with E-state index in [0.717, 1.165) is 13.2 Å². The SMILES string of the molecule is COC(=O)c1cc(I)nc(C(F)F)c1C(F)(F)F. The highest BCUT2D eigenvalue weighted by Crippen LogP contribution is 2.38. The molecule has 0 aromatic carbocycles. The summed E-state index contributed by atoms with van der Waals surface area (Å²) in [5.41, 5.74) is -4.21. The van der Waals surface area contributed by atoms with Gasteiger partial charge in [-0.1, -0.05) is 0 Å². The number of rotatable bonds is 2. The summed E-state index contributed by atoms with van der Waals surface area (Å²) in [5, 5.41) is 0. The van der Waals surface area contributed by atoms with Crippen molar-refractivity contribution in [2.75, 3.05) is 7.11 Å². The van der Waals surface area contributed by atoms with E-state index in [9.17, 15) is 26.7 Å². The van der Waals surface area contributed by atoms with E-state index < -0.39 is 35.4 Å². The normalized spacial score (nSPS) is 11.8. The average molecular weight is 381 g/mol. The molecule has 0 fully saturated rings. The Morgan fingerprint density at radius 3 is 2.39 bits per heavy atom. The molecule has 0 radical (unpaired) electrons. The van der Waals surface area contributed by atoms with Crippen LogP contribution in [0.25, 0.3) is 0 Å². The van der Waals surface area contributed by atoms with Gasteiger partial charge in [-0.3, -0.25) is 0 Å². The summed E-state index contributed by atoms with van der Waals surface area (Å²) in [6, 6.07) is 0.751. The summed E-state index contributed by atoms with van der Waals surface area (Å²) < 4.78 is 67.3. The smallest absolute Gasteiger partial charge is 0.419 e. The van der Waals surface area contributed by atoms with Crippen LogP contribution in [0.4, 0.5) is 22.0 Å². The van der Waals surface area contributed by atoms with Crippen molar-refractivity contribution in [2.45, 2.75) is 12.6 Å². The first-order valence-electron chi connectivity index (χ1n) is 4.32. The summed E-state index contributed by atoms with van der Waals surface area (Å²) in [6.45, 7) is 0. The highest BCUT2D eigenvalue weighted by Gasteiger charge is 2.41. The van der Waals surface area contributed by atoms with Crippen molar-refractivity contribution in [1.29, 1.82) is 0 Å². The molecule has 0 N–H and O–H groups in total. The molecule has 0 saturated heterocycles. The number of alkyl halides is 5. The molecule has 100 valence electrons. The van der Waals surface area contributed by atoms with Gasteiger partial charge in [0.1, 0.15) is 9.39 Å². The lowest BCUT2D eigenvalue weighted by Crippen LogP contribution is -2.19. The minimum absolute atomic E-state index is 0.156. The van der Waals surface area contributed by atoms with Gasteiger partial charge in [0.25, 0.3) is 6.43 Å². The van der Waals surface area contributed by atoms with Crippen LogP contribution in [0.2, 0.25) is 0 Å². The largest absolute Gasteiger partial charge is 0.465 e. The fraction of sp³-hybridized carbons (Fsp3) is 0.333. The van der Waals surface area contributed by atoms with Gasteiger partial charge < -0.3 is 4.74 Å². The highest BCUT2D eigenvalue weighted by atomic mass is 127. The third-order valence-electron chi connectivity index (χ3n) is 1.91. The van der Waals surface area contributed by atoms with Gasteiger partial charge in [0, 0.05) is 0 Å². The number of halogens is 6. The number of pyridine rings is 1. The summed E-state index contributed by atoms with van der Waals surface area (Å²) >= 11 is 1.44. The molecule has 0 unspecified atom stereocenters. The van der Waals surface area contributed by atoms with Crippen molar-refractivity contribution >= 4 is 28.6 Å². The summed E-state index contributed by atoms with van der Waals surface area (Å²) in [5.74, 6) is -1.34. The van der Waals surface area contributed by atoms with Crippen LogP contribution in [0.5, 0.6) is 0 Å². The van der Waals surface area contributed by atoms with E-state index in [2.05, 4.69) is 9.72 Å². The molecule has 0 spiro atoms. The van der Waals surface area contributed by atoms with E-state index >= 15 is 0 Å². The molecule has 0 amide bonds. The molecule has 0 aliphatic heterocycles. The highest BCUT2D eigenvalue weighted by molar-refractivity contribution is 14.1. The van der Waals surface area contributed by atoms with Crippen LogP contribution in [0.1, 0.15) is 28.0 Å². The lowest BCUT2D eigenvalue weighted by atomic mass is 10.1. The topological polar surface area (TPSA) is 39.2 Å². The van der Waals surface area contributed by atoms with Crippen molar-refractivity contribution in [3.8, 4) is 0 Å². The maximum absolute atomic E-state index is 12.7. The fourth-order valence-electron chi connectivity index (χ4n) is 1.26. The second kappa shape index (κ2) is 5.33. The molecule has 9 heteroatoms. The molecule has 0 atom stereocenters. The van der Waals surface area contributed by atoms with Gasteiger partial charge in [0.15, 0.2) is 0 Å². The van der Waals surface area contributed by atoms with Crippen LogP contribution >= 0.6 is 22.6 Å². The molecule has 0 saturated carbocycles. The number of esters is 1. The number of aromatic nitrogens is 1. The number of nitrogens with zero attached hydrogens (tertiary/aromatic N) is 1. The first-order valence-corrected chi connectivity index (χ1v) is 5.40. The van der Waals surface area contributed by atoms with Crippen LogP contribution in [-0.4, -0.2) is 18.1 Å². The molecular formula is C9H5F5INO2. The third kappa shape index (κ3) is 3.06. The van der Waals surface area contributed by atoms with Crippen molar-refractivity contribution in [3.63, 3.8) is 0 Å². The van der Waals surface area contributed by atoms with Crippen molar-refractivity contribution in [3.05, 3.63) is 26.6 Å². The second-order valence-corrected chi connectivity index (χ2v) is 4.15. The molecule has 3 nitrogen and oxygen atoms in total. The van der Waals surface area contributed by atoms with Crippen molar-refractivity contribution in [1.82, 2.24) is 4.98 Å². The lowest BCUT2D eigenvalue weighted by molar-refractivity contribution is -0.140. The third-order valence-corrected chi connectivity index (χ3v) is 2.46. The van der Waals surface area contributed by atoms with Crippen molar-refractivity contribution < 1.29 is 31.5 Å². The van der Waals surface area contributed by atoms with Gasteiger partial charge in [-0.15, -0.1) is 0 Å². The quantitative estimate of drug-likeness (QED) is 0.341. The summed E-state index contributed by atoms with van der Waals surface area (Å²) in [6.07, 6.45) is -8.56. The predicted octanol–water partition coefficient (Wildman–Crippen LogP) is 3.43. The zero-order chi connectivity index (χ0) is 14.1. The lowest BCUT2D eigenvalue weighted by Gasteiger charge is -2.15. The number of carbonyl (C=O) groups excluding carboxylic acids is 1. The molecule has 1 rings (SSSR count). The Kier molecular flexibility index (Phi) is 4.46. The maximum atomic E-state index is 12.7. The minimum Gasteiger partial charge on any atom is -0.465 e. The molecule has 0 bridgehead atoms. The van der Waals surface area contributed by atoms with E-state index in [4.69, 9.17) is 0 Å². The summed E-state index contributed by atoms with van der Waals surface area (Å²) in [4.78, 5) is 14.3. The first-order chi connectivity index (χ1) is 8.18. The van der Waals surface area contributed by atoms with Gasteiger partial charge in [0.2, 0.25) is 0 Å². The Hall–Kier alpha value is -1.00. The molecule has 1 aromatic rings. The van der Waals surface area contributed by atoms with Gasteiger partial charge >= 0.3 is 12.1 Å². The average Bonchev–Trinajstić information content (AvgIpc) is 2.24. The Morgan fingerprint density at radius 1 is 1.44 bits per heavy atom. The maximum Gasteiger partial charge on any atom is 0.419 e. The monoisotopic (exact) mass is 381 g/mol. The van der Waals surface area contributed by atoms with E-state index in [1.54, 1.807) is 0 Å². The van der Waals surface area contributed by atoms with Gasteiger partial charge in [-0.25, -0.2) is 18.6 Å². The number of carbonyl (C=O) groups is 1. The van der Waals surface area contributed by atoms with Gasteiger partial charge in [0.05, 0.1) is 18.2 Å². The van der Waals surface area contributed by atoms with Gasteiger partial charge in [-0.2, -0.15) is 13.2 Å². The minimum atomic E-state index is -5.12. The molecule has 1 heterocycles. The zero-order valence-corrected chi connectivity index (χ0v) is 10.8. The molecule has 18 heavy (non-hydrogen) atoms. The standard InChI is InChI=1S/C9H5F5INO2/c1-18-8(17)3-2-4(15)16-6(7(10)11)5(3)9(12,13)14/h2,7H,1H3. The van der Waals surface area contributed by atoms with Crippen LogP contribution in [0.15, 0.2) is 6.07 Å². The molecule has 0 aliphatic rings. The number of ether oxygens (including phenoxy) is 1. The van der Waals surface area contributed by atoms with Crippen LogP contribution in [0.3, 0.4) is 0 Å². The molecule has 1 aromatic heterocycles. The van der Waals surface area contributed by atoms with Crippen LogP contribution < -0.4 is 0 Å². The van der Waals surface area contributed by atoms with E-state index in [-0.39, 0.29) is 3.70 Å². The van der Waals surface area contributed by atoms with E-state index in [0.29, 0.717) is 0 Å². The number of hydrogen-bond donors (Lipinski definition) is 0. The Morgan fingerprint density at radius 2 is 2.00 bits per heavy atom. The number of hydrogen-bond acceptors (Lipinski definition) is 3. The second-order valence-electron chi connectivity index (χ2n) is 3.04. The summed E-state index contributed by atoms with van der Waals surface area (Å²) in [7, 11) is 0.859.